The molecule has 1 heteroatoms. The molecule has 0 aromatic heterocycles. The summed E-state index contributed by atoms with van der Waals surface area (Å²) in [5, 5.41) is 0.986. The Morgan fingerprint density at radius 3 is 2.62 bits per heavy atom. The third kappa shape index (κ3) is 1.03. The standard InChI is InChI=1S/C12H13Br/c13-8-9-2-1-3-11(4-9)12-5-10(6-12)7-12/h1-4,10H,5-8H2. The molecule has 0 nitrogen and oxygen atoms in total. The normalized spacial score (nSPS) is 35.0. The lowest BCUT2D eigenvalue weighted by molar-refractivity contribution is -0.0274. The Morgan fingerprint density at radius 1 is 1.31 bits per heavy atom. The highest BCUT2D eigenvalue weighted by Crippen LogP contribution is 2.65. The Kier molecular flexibility index (Phi) is 1.61. The van der Waals surface area contributed by atoms with Crippen molar-refractivity contribution < 1.29 is 0 Å². The summed E-state index contributed by atoms with van der Waals surface area (Å²) in [5.41, 5.74) is 3.64. The van der Waals surface area contributed by atoms with Gasteiger partial charge in [0.05, 0.1) is 0 Å². The Balaban J connectivity index is 1.95. The van der Waals surface area contributed by atoms with Crippen molar-refractivity contribution in [1.29, 1.82) is 0 Å². The Labute approximate surface area is 87.5 Å². The van der Waals surface area contributed by atoms with Crippen LogP contribution >= 0.6 is 15.9 Å². The minimum Gasteiger partial charge on any atom is -0.0876 e. The van der Waals surface area contributed by atoms with Crippen LogP contribution in [-0.4, -0.2) is 0 Å². The predicted octanol–water partition coefficient (Wildman–Crippen LogP) is 3.63. The molecule has 3 saturated carbocycles. The van der Waals surface area contributed by atoms with Crippen LogP contribution in [0.4, 0.5) is 0 Å². The molecule has 0 radical (unpaired) electrons. The summed E-state index contributed by atoms with van der Waals surface area (Å²) in [4.78, 5) is 0. The van der Waals surface area contributed by atoms with E-state index in [0.29, 0.717) is 5.41 Å². The quantitative estimate of drug-likeness (QED) is 0.689. The number of alkyl halides is 1. The van der Waals surface area contributed by atoms with Gasteiger partial charge in [0.2, 0.25) is 0 Å². The molecule has 4 rings (SSSR count). The van der Waals surface area contributed by atoms with Crippen molar-refractivity contribution in [2.75, 3.05) is 0 Å². The van der Waals surface area contributed by atoms with E-state index in [2.05, 4.69) is 40.2 Å². The number of hydrogen-bond donors (Lipinski definition) is 0. The topological polar surface area (TPSA) is 0 Å². The minimum atomic E-state index is 0.628. The predicted molar refractivity (Wildman–Crippen MR) is 58.1 cm³/mol. The summed E-state index contributed by atoms with van der Waals surface area (Å²) >= 11 is 3.51. The molecule has 68 valence electrons. The van der Waals surface area contributed by atoms with Crippen molar-refractivity contribution in [2.45, 2.75) is 30.0 Å². The summed E-state index contributed by atoms with van der Waals surface area (Å²) in [6.45, 7) is 0. The first-order valence-electron chi connectivity index (χ1n) is 4.98. The SMILES string of the molecule is BrCc1cccc(C23CC(C2)C3)c1. The first-order chi connectivity index (χ1) is 6.32. The van der Waals surface area contributed by atoms with E-state index in [1.54, 1.807) is 5.56 Å². The highest BCUT2D eigenvalue weighted by Gasteiger charge is 2.57. The first-order valence-corrected chi connectivity index (χ1v) is 6.10. The fourth-order valence-electron chi connectivity index (χ4n) is 2.82. The molecule has 0 N–H and O–H groups in total. The lowest BCUT2D eigenvalue weighted by Gasteiger charge is -2.62. The van der Waals surface area contributed by atoms with Crippen molar-refractivity contribution >= 4 is 15.9 Å². The zero-order chi connectivity index (χ0) is 8.89. The van der Waals surface area contributed by atoms with Crippen molar-refractivity contribution in [3.8, 4) is 0 Å². The lowest BCUT2D eigenvalue weighted by Crippen LogP contribution is -2.55. The summed E-state index contributed by atoms with van der Waals surface area (Å²) in [5.74, 6) is 1.08. The smallest absolute Gasteiger partial charge is 0.0283 e. The Hall–Kier alpha value is -0.300. The van der Waals surface area contributed by atoms with E-state index in [4.69, 9.17) is 0 Å². The first kappa shape index (κ1) is 8.05. The molecule has 1 aromatic carbocycles. The third-order valence-corrected chi connectivity index (χ3v) is 4.38. The average molecular weight is 237 g/mol. The van der Waals surface area contributed by atoms with Crippen molar-refractivity contribution in [2.24, 2.45) is 5.92 Å². The molecule has 1 aromatic rings. The fourth-order valence-corrected chi connectivity index (χ4v) is 3.17. The largest absolute Gasteiger partial charge is 0.0876 e. The van der Waals surface area contributed by atoms with E-state index in [1.165, 1.54) is 24.8 Å². The molecule has 0 unspecified atom stereocenters. The fraction of sp³-hybridized carbons (Fsp3) is 0.500. The van der Waals surface area contributed by atoms with E-state index < -0.39 is 0 Å². The summed E-state index contributed by atoms with van der Waals surface area (Å²) in [6.07, 6.45) is 4.37. The van der Waals surface area contributed by atoms with Gasteiger partial charge in [-0.2, -0.15) is 0 Å². The second kappa shape index (κ2) is 2.60. The average Bonchev–Trinajstić information content (AvgIpc) is 1.99. The van der Waals surface area contributed by atoms with Gasteiger partial charge in [-0.1, -0.05) is 40.2 Å². The molecule has 3 aliphatic rings. The maximum Gasteiger partial charge on any atom is 0.0283 e. The number of rotatable bonds is 2. The molecule has 13 heavy (non-hydrogen) atoms. The van der Waals surface area contributed by atoms with Gasteiger partial charge in [0.25, 0.3) is 0 Å². The van der Waals surface area contributed by atoms with Crippen LogP contribution < -0.4 is 0 Å². The summed E-state index contributed by atoms with van der Waals surface area (Å²) in [7, 11) is 0. The van der Waals surface area contributed by atoms with Gasteiger partial charge in [-0.25, -0.2) is 0 Å². The molecular formula is C12H13Br. The third-order valence-electron chi connectivity index (χ3n) is 3.73. The summed E-state index contributed by atoms with van der Waals surface area (Å²) < 4.78 is 0. The Bertz CT molecular complexity index is 326. The van der Waals surface area contributed by atoms with Crippen molar-refractivity contribution in [3.63, 3.8) is 0 Å². The van der Waals surface area contributed by atoms with Crippen molar-refractivity contribution in [1.82, 2.24) is 0 Å². The van der Waals surface area contributed by atoms with Crippen LogP contribution in [0.15, 0.2) is 24.3 Å². The Morgan fingerprint density at radius 2 is 2.08 bits per heavy atom. The zero-order valence-corrected chi connectivity index (χ0v) is 9.18. The lowest BCUT2D eigenvalue weighted by atomic mass is 9.42. The molecule has 3 fully saturated rings. The monoisotopic (exact) mass is 236 g/mol. The van der Waals surface area contributed by atoms with Gasteiger partial charge >= 0.3 is 0 Å². The maximum atomic E-state index is 3.51. The van der Waals surface area contributed by atoms with Crippen LogP contribution in [0.1, 0.15) is 30.4 Å². The van der Waals surface area contributed by atoms with Gasteiger partial charge in [-0.05, 0) is 41.7 Å². The molecule has 0 amide bonds. The van der Waals surface area contributed by atoms with Crippen LogP contribution in [0.5, 0.6) is 0 Å². The van der Waals surface area contributed by atoms with Gasteiger partial charge in [-0.3, -0.25) is 0 Å². The molecule has 0 heterocycles. The minimum absolute atomic E-state index is 0.628. The van der Waals surface area contributed by atoms with Crippen LogP contribution in [0.3, 0.4) is 0 Å². The van der Waals surface area contributed by atoms with Gasteiger partial charge in [0.15, 0.2) is 0 Å². The molecule has 3 aliphatic carbocycles. The second-order valence-corrected chi connectivity index (χ2v) is 5.15. The van der Waals surface area contributed by atoms with E-state index in [9.17, 15) is 0 Å². The number of halogens is 1. The zero-order valence-electron chi connectivity index (χ0n) is 7.59. The van der Waals surface area contributed by atoms with Crippen molar-refractivity contribution in [3.05, 3.63) is 35.4 Å². The van der Waals surface area contributed by atoms with Crippen LogP contribution in [0, 0.1) is 5.92 Å². The van der Waals surface area contributed by atoms with E-state index in [-0.39, 0.29) is 0 Å². The van der Waals surface area contributed by atoms with Gasteiger partial charge in [0, 0.05) is 5.33 Å². The number of benzene rings is 1. The van der Waals surface area contributed by atoms with Crippen LogP contribution in [-0.2, 0) is 10.7 Å². The summed E-state index contributed by atoms with van der Waals surface area (Å²) in [6, 6.07) is 9.09. The number of hydrogen-bond acceptors (Lipinski definition) is 0. The molecule has 2 bridgehead atoms. The molecule has 0 saturated heterocycles. The van der Waals surface area contributed by atoms with Crippen LogP contribution in [0.2, 0.25) is 0 Å². The second-order valence-electron chi connectivity index (χ2n) is 4.59. The van der Waals surface area contributed by atoms with Crippen LogP contribution in [0.25, 0.3) is 0 Å². The van der Waals surface area contributed by atoms with E-state index >= 15 is 0 Å². The van der Waals surface area contributed by atoms with E-state index in [1.807, 2.05) is 0 Å². The van der Waals surface area contributed by atoms with E-state index in [0.717, 1.165) is 11.2 Å². The molecule has 0 aliphatic heterocycles. The van der Waals surface area contributed by atoms with Gasteiger partial charge in [-0.15, -0.1) is 0 Å². The highest BCUT2D eigenvalue weighted by molar-refractivity contribution is 9.08. The highest BCUT2D eigenvalue weighted by atomic mass is 79.9. The van der Waals surface area contributed by atoms with Gasteiger partial charge < -0.3 is 0 Å². The maximum absolute atomic E-state index is 3.51. The van der Waals surface area contributed by atoms with Gasteiger partial charge in [0.1, 0.15) is 0 Å². The molecule has 0 spiro atoms. The molecule has 0 atom stereocenters. The molecular weight excluding hydrogens is 224 g/mol.